The van der Waals surface area contributed by atoms with Crippen LogP contribution in [-0.4, -0.2) is 22.6 Å². The molecule has 1 atom stereocenters. The van der Waals surface area contributed by atoms with E-state index in [1.807, 2.05) is 30.3 Å². The first-order chi connectivity index (χ1) is 9.20. The summed E-state index contributed by atoms with van der Waals surface area (Å²) in [5, 5.41) is 12.0. The van der Waals surface area contributed by atoms with Crippen molar-refractivity contribution in [1.82, 2.24) is 10.3 Å². The fourth-order valence-corrected chi connectivity index (χ4v) is 1.74. The number of aliphatic hydroxyl groups is 1. The third kappa shape index (κ3) is 3.29. The van der Waals surface area contributed by atoms with Crippen molar-refractivity contribution >= 4 is 5.91 Å². The molecule has 0 aliphatic heterocycles. The Balaban J connectivity index is 2.15. The molecule has 0 fully saturated rings. The van der Waals surface area contributed by atoms with Crippen LogP contribution in [0.1, 0.15) is 22.1 Å². The monoisotopic (exact) mass is 258 g/mol. The second-order valence-electron chi connectivity index (χ2n) is 4.05. The van der Waals surface area contributed by atoms with Gasteiger partial charge >= 0.3 is 0 Å². The molecule has 0 aliphatic carbocycles. The smallest absolute Gasteiger partial charge is 0.268 e. The van der Waals surface area contributed by atoms with Gasteiger partial charge in [0, 0.05) is 6.07 Å². The summed E-state index contributed by atoms with van der Waals surface area (Å²) >= 11 is 0. The Morgan fingerprint density at radius 3 is 2.53 bits per heavy atom. The molecule has 0 saturated carbocycles. The minimum atomic E-state index is -0.502. The normalized spacial score (nSPS) is 11.8. The first kappa shape index (κ1) is 13.0. The molecular weight excluding hydrogens is 244 g/mol. The molecule has 0 radical (unpaired) electrons. The van der Waals surface area contributed by atoms with Gasteiger partial charge in [0.2, 0.25) is 5.56 Å². The van der Waals surface area contributed by atoms with E-state index in [-0.39, 0.29) is 17.9 Å². The molecule has 1 heterocycles. The van der Waals surface area contributed by atoms with E-state index in [4.69, 9.17) is 0 Å². The SMILES string of the molecule is O=C(N[C@@H](CO)c1ccccc1)c1cccc(=O)[nH]1. The third-order valence-electron chi connectivity index (χ3n) is 2.70. The van der Waals surface area contributed by atoms with Crippen molar-refractivity contribution in [1.29, 1.82) is 0 Å². The molecule has 0 spiro atoms. The van der Waals surface area contributed by atoms with Gasteiger partial charge < -0.3 is 15.4 Å². The molecule has 0 saturated heterocycles. The number of H-pyrrole nitrogens is 1. The number of rotatable bonds is 4. The molecule has 1 amide bonds. The molecule has 5 nitrogen and oxygen atoms in total. The van der Waals surface area contributed by atoms with Gasteiger partial charge in [0.25, 0.3) is 5.91 Å². The number of aliphatic hydroxyl groups excluding tert-OH is 1. The number of hydrogen-bond donors (Lipinski definition) is 3. The van der Waals surface area contributed by atoms with Gasteiger partial charge in [-0.2, -0.15) is 0 Å². The maximum absolute atomic E-state index is 11.9. The van der Waals surface area contributed by atoms with Crippen LogP contribution in [0.5, 0.6) is 0 Å². The molecule has 0 unspecified atom stereocenters. The van der Waals surface area contributed by atoms with Crippen LogP contribution >= 0.6 is 0 Å². The average Bonchev–Trinajstić information content (AvgIpc) is 2.45. The second-order valence-corrected chi connectivity index (χ2v) is 4.05. The van der Waals surface area contributed by atoms with Crippen molar-refractivity contribution in [3.8, 4) is 0 Å². The summed E-state index contributed by atoms with van der Waals surface area (Å²) in [6.45, 7) is -0.215. The minimum Gasteiger partial charge on any atom is -0.394 e. The van der Waals surface area contributed by atoms with Gasteiger partial charge in [-0.1, -0.05) is 36.4 Å². The summed E-state index contributed by atoms with van der Waals surface area (Å²) in [5.41, 5.74) is 0.631. The van der Waals surface area contributed by atoms with E-state index in [1.165, 1.54) is 18.2 Å². The molecular formula is C14H14N2O3. The standard InChI is InChI=1S/C14H14N2O3/c17-9-12(10-5-2-1-3-6-10)16-14(19)11-7-4-8-13(18)15-11/h1-8,12,17H,9H2,(H,15,18)(H,16,19)/t12-/m0/s1. The molecule has 2 aromatic rings. The van der Waals surface area contributed by atoms with Gasteiger partial charge in [-0.3, -0.25) is 9.59 Å². The number of carbonyl (C=O) groups is 1. The van der Waals surface area contributed by atoms with E-state index in [0.717, 1.165) is 5.56 Å². The lowest BCUT2D eigenvalue weighted by molar-refractivity contribution is 0.0911. The molecule has 0 bridgehead atoms. The molecule has 1 aromatic carbocycles. The van der Waals surface area contributed by atoms with Crippen LogP contribution in [0.15, 0.2) is 53.3 Å². The Bertz CT molecular complexity index is 607. The average molecular weight is 258 g/mol. The zero-order valence-electron chi connectivity index (χ0n) is 10.2. The van der Waals surface area contributed by atoms with E-state index in [0.29, 0.717) is 0 Å². The number of amides is 1. The number of benzene rings is 1. The number of hydrogen-bond acceptors (Lipinski definition) is 3. The van der Waals surface area contributed by atoms with Gasteiger partial charge in [0.1, 0.15) is 5.69 Å². The topological polar surface area (TPSA) is 82.2 Å². The zero-order chi connectivity index (χ0) is 13.7. The van der Waals surface area contributed by atoms with E-state index in [9.17, 15) is 14.7 Å². The van der Waals surface area contributed by atoms with Gasteiger partial charge in [-0.15, -0.1) is 0 Å². The Morgan fingerprint density at radius 1 is 1.16 bits per heavy atom. The van der Waals surface area contributed by atoms with E-state index in [1.54, 1.807) is 0 Å². The number of nitrogens with one attached hydrogen (secondary N) is 2. The zero-order valence-corrected chi connectivity index (χ0v) is 10.2. The summed E-state index contributed by atoms with van der Waals surface area (Å²) in [5.74, 6) is -0.430. The van der Waals surface area contributed by atoms with Crippen molar-refractivity contribution < 1.29 is 9.90 Å². The molecule has 19 heavy (non-hydrogen) atoms. The third-order valence-corrected chi connectivity index (χ3v) is 2.70. The summed E-state index contributed by atoms with van der Waals surface area (Å²) in [7, 11) is 0. The summed E-state index contributed by atoms with van der Waals surface area (Å²) < 4.78 is 0. The number of aromatic amines is 1. The quantitative estimate of drug-likeness (QED) is 0.760. The predicted octanol–water partition coefficient (Wildman–Crippen LogP) is 0.838. The highest BCUT2D eigenvalue weighted by molar-refractivity contribution is 5.92. The fourth-order valence-electron chi connectivity index (χ4n) is 1.74. The number of aromatic nitrogens is 1. The molecule has 1 aromatic heterocycles. The molecule has 5 heteroatoms. The molecule has 2 rings (SSSR count). The van der Waals surface area contributed by atoms with Crippen LogP contribution in [0.2, 0.25) is 0 Å². The first-order valence-corrected chi connectivity index (χ1v) is 5.86. The maximum atomic E-state index is 11.9. The highest BCUT2D eigenvalue weighted by Crippen LogP contribution is 2.12. The second kappa shape index (κ2) is 5.97. The highest BCUT2D eigenvalue weighted by Gasteiger charge is 2.14. The van der Waals surface area contributed by atoms with Crippen molar-refractivity contribution in [2.24, 2.45) is 0 Å². The molecule has 0 aliphatic rings. The fraction of sp³-hybridized carbons (Fsp3) is 0.143. The van der Waals surface area contributed by atoms with Gasteiger partial charge in [0.15, 0.2) is 0 Å². The highest BCUT2D eigenvalue weighted by atomic mass is 16.3. The lowest BCUT2D eigenvalue weighted by atomic mass is 10.1. The Hall–Kier alpha value is -2.40. The van der Waals surface area contributed by atoms with E-state index < -0.39 is 11.9 Å². The Morgan fingerprint density at radius 2 is 1.89 bits per heavy atom. The lowest BCUT2D eigenvalue weighted by Crippen LogP contribution is -2.32. The van der Waals surface area contributed by atoms with Crippen LogP contribution < -0.4 is 10.9 Å². The molecule has 3 N–H and O–H groups in total. The maximum Gasteiger partial charge on any atom is 0.268 e. The first-order valence-electron chi connectivity index (χ1n) is 5.86. The van der Waals surface area contributed by atoms with Crippen LogP contribution in [-0.2, 0) is 0 Å². The Kier molecular flexibility index (Phi) is 4.10. The summed E-state index contributed by atoms with van der Waals surface area (Å²) in [6.07, 6.45) is 0. The van der Waals surface area contributed by atoms with Crippen molar-refractivity contribution in [3.63, 3.8) is 0 Å². The van der Waals surface area contributed by atoms with Crippen LogP contribution in [0, 0.1) is 0 Å². The minimum absolute atomic E-state index is 0.168. The van der Waals surface area contributed by atoms with Crippen LogP contribution in [0.4, 0.5) is 0 Å². The van der Waals surface area contributed by atoms with Crippen molar-refractivity contribution in [2.75, 3.05) is 6.61 Å². The van der Waals surface area contributed by atoms with Gasteiger partial charge in [0.05, 0.1) is 12.6 Å². The van der Waals surface area contributed by atoms with Gasteiger partial charge in [-0.25, -0.2) is 0 Å². The predicted molar refractivity (Wildman–Crippen MR) is 70.8 cm³/mol. The summed E-state index contributed by atoms with van der Waals surface area (Å²) in [6, 6.07) is 13.0. The van der Waals surface area contributed by atoms with Crippen molar-refractivity contribution in [2.45, 2.75) is 6.04 Å². The van der Waals surface area contributed by atoms with Crippen molar-refractivity contribution in [3.05, 3.63) is 70.1 Å². The number of carbonyl (C=O) groups excluding carboxylic acids is 1. The summed E-state index contributed by atoms with van der Waals surface area (Å²) in [4.78, 5) is 25.5. The molecule has 98 valence electrons. The van der Waals surface area contributed by atoms with Gasteiger partial charge in [-0.05, 0) is 11.6 Å². The van der Waals surface area contributed by atoms with Crippen LogP contribution in [0.25, 0.3) is 0 Å². The van der Waals surface area contributed by atoms with Crippen LogP contribution in [0.3, 0.4) is 0 Å². The van der Waals surface area contributed by atoms with E-state index in [2.05, 4.69) is 10.3 Å². The Labute approximate surface area is 109 Å². The van der Waals surface area contributed by atoms with E-state index >= 15 is 0 Å². The lowest BCUT2D eigenvalue weighted by Gasteiger charge is -2.16. The largest absolute Gasteiger partial charge is 0.394 e. The number of pyridine rings is 1.